The van der Waals surface area contributed by atoms with Crippen LogP contribution in [0.15, 0.2) is 18.2 Å². The fourth-order valence-electron chi connectivity index (χ4n) is 1.08. The first kappa shape index (κ1) is 12.6. The maximum Gasteiger partial charge on any atom is 0.160 e. The summed E-state index contributed by atoms with van der Waals surface area (Å²) in [6, 6.07) is 5.21. The molecule has 0 amide bonds. The number of carbonyl (C=O) groups excluding carboxylic acids is 2. The molecule has 0 aliphatic heterocycles. The van der Waals surface area contributed by atoms with E-state index in [2.05, 4.69) is 0 Å². The topological polar surface area (TPSA) is 34.1 Å². The van der Waals surface area contributed by atoms with Gasteiger partial charge in [-0.15, -0.1) is 0 Å². The fraction of sp³-hybridized carbons (Fsp3) is 0.333. The van der Waals surface area contributed by atoms with E-state index >= 15 is 0 Å². The normalized spacial score (nSPS) is 8.57. The van der Waals surface area contributed by atoms with E-state index in [1.807, 2.05) is 26.8 Å². The zero-order valence-corrected chi connectivity index (χ0v) is 9.13. The van der Waals surface area contributed by atoms with Crippen LogP contribution in [0.3, 0.4) is 0 Å². The van der Waals surface area contributed by atoms with Crippen LogP contribution in [0.1, 0.15) is 47.1 Å². The molecule has 0 saturated heterocycles. The maximum absolute atomic E-state index is 11.0. The Bertz CT molecular complexity index is 327. The van der Waals surface area contributed by atoms with Crippen LogP contribution >= 0.6 is 0 Å². The van der Waals surface area contributed by atoms with E-state index in [4.69, 9.17) is 0 Å². The second-order valence-electron chi connectivity index (χ2n) is 2.76. The van der Waals surface area contributed by atoms with E-state index < -0.39 is 0 Å². The minimum atomic E-state index is -0.0687. The number of Topliss-reactive ketones (excluding diaryl/α,β-unsaturated/α-hetero) is 1. The quantitative estimate of drug-likeness (QED) is 0.533. The van der Waals surface area contributed by atoms with Gasteiger partial charge in [0.15, 0.2) is 12.1 Å². The van der Waals surface area contributed by atoms with Crippen LogP contribution < -0.4 is 0 Å². The Morgan fingerprint density at radius 2 is 1.86 bits per heavy atom. The number of carbonyl (C=O) groups is 2. The zero-order valence-electron chi connectivity index (χ0n) is 9.13. The molecule has 0 bridgehead atoms. The first-order valence-electron chi connectivity index (χ1n) is 4.72. The van der Waals surface area contributed by atoms with Crippen LogP contribution in [0.25, 0.3) is 0 Å². The third-order valence-corrected chi connectivity index (χ3v) is 1.72. The molecular weight excluding hydrogens is 176 g/mol. The average Bonchev–Trinajstić information content (AvgIpc) is 2.20. The van der Waals surface area contributed by atoms with Crippen LogP contribution in [0.2, 0.25) is 0 Å². The number of benzene rings is 1. The van der Waals surface area contributed by atoms with Crippen molar-refractivity contribution in [2.45, 2.75) is 27.7 Å². The predicted octanol–water partition coefficient (Wildman–Crippen LogP) is 3.04. The summed E-state index contributed by atoms with van der Waals surface area (Å²) in [4.78, 5) is 21.5. The van der Waals surface area contributed by atoms with Crippen molar-refractivity contribution in [2.75, 3.05) is 0 Å². The Morgan fingerprint density at radius 3 is 2.29 bits per heavy atom. The third kappa shape index (κ3) is 3.13. The lowest BCUT2D eigenvalue weighted by atomic mass is 10.0. The summed E-state index contributed by atoms with van der Waals surface area (Å²) in [6.45, 7) is 7.35. The predicted molar refractivity (Wildman–Crippen MR) is 57.9 cm³/mol. The van der Waals surface area contributed by atoms with Crippen molar-refractivity contribution in [3.8, 4) is 0 Å². The molecule has 0 N–H and O–H groups in total. The third-order valence-electron chi connectivity index (χ3n) is 1.72. The number of ketones is 1. The van der Waals surface area contributed by atoms with Crippen molar-refractivity contribution in [3.05, 3.63) is 34.9 Å². The summed E-state index contributed by atoms with van der Waals surface area (Å²) in [5.41, 5.74) is 1.96. The molecule has 0 fully saturated rings. The van der Waals surface area contributed by atoms with Crippen LogP contribution in [0.5, 0.6) is 0 Å². The van der Waals surface area contributed by atoms with E-state index in [1.54, 1.807) is 12.1 Å². The molecule has 0 radical (unpaired) electrons. The Hall–Kier alpha value is -1.44. The van der Waals surface area contributed by atoms with Crippen LogP contribution in [-0.2, 0) is 0 Å². The first-order chi connectivity index (χ1) is 6.65. The van der Waals surface area contributed by atoms with Gasteiger partial charge < -0.3 is 0 Å². The van der Waals surface area contributed by atoms with Crippen molar-refractivity contribution >= 4 is 12.1 Å². The van der Waals surface area contributed by atoms with Gasteiger partial charge in [-0.3, -0.25) is 9.59 Å². The van der Waals surface area contributed by atoms with Gasteiger partial charge in [0.2, 0.25) is 0 Å². The van der Waals surface area contributed by atoms with E-state index in [-0.39, 0.29) is 5.78 Å². The fourth-order valence-corrected chi connectivity index (χ4v) is 1.08. The van der Waals surface area contributed by atoms with E-state index in [9.17, 15) is 9.59 Å². The lowest BCUT2D eigenvalue weighted by Gasteiger charge is -2.00. The number of rotatable bonds is 2. The Labute approximate surface area is 84.9 Å². The van der Waals surface area contributed by atoms with Gasteiger partial charge in [0, 0.05) is 11.1 Å². The molecule has 1 rings (SSSR count). The van der Waals surface area contributed by atoms with Gasteiger partial charge in [-0.25, -0.2) is 0 Å². The van der Waals surface area contributed by atoms with Crippen LogP contribution in [0, 0.1) is 6.92 Å². The molecule has 0 aliphatic rings. The molecule has 0 spiro atoms. The number of aldehydes is 1. The standard InChI is InChI=1S/C10H10O2.C2H6/c1-7-3-4-9(6-11)10(5-7)8(2)12;1-2/h3-6H,1-2H3;1-2H3. The summed E-state index contributed by atoms with van der Waals surface area (Å²) in [5.74, 6) is -0.0687. The molecular formula is C12H16O2. The molecule has 2 heteroatoms. The Kier molecular flexibility index (Phi) is 5.46. The molecule has 0 aromatic heterocycles. The minimum absolute atomic E-state index is 0.0687. The number of hydrogen-bond acceptors (Lipinski definition) is 2. The monoisotopic (exact) mass is 192 g/mol. The molecule has 0 aliphatic carbocycles. The number of aryl methyl sites for hydroxylation is 1. The number of hydrogen-bond donors (Lipinski definition) is 0. The second kappa shape index (κ2) is 6.08. The molecule has 1 aromatic rings. The molecule has 2 nitrogen and oxygen atoms in total. The highest BCUT2D eigenvalue weighted by atomic mass is 16.1. The Balaban J connectivity index is 0.000000791. The summed E-state index contributed by atoms with van der Waals surface area (Å²) in [5, 5.41) is 0. The largest absolute Gasteiger partial charge is 0.298 e. The van der Waals surface area contributed by atoms with Crippen molar-refractivity contribution in [1.29, 1.82) is 0 Å². The van der Waals surface area contributed by atoms with Gasteiger partial charge in [0.25, 0.3) is 0 Å². The average molecular weight is 192 g/mol. The van der Waals surface area contributed by atoms with Crippen molar-refractivity contribution < 1.29 is 9.59 Å². The molecule has 0 heterocycles. The minimum Gasteiger partial charge on any atom is -0.298 e. The zero-order chi connectivity index (χ0) is 11.1. The summed E-state index contributed by atoms with van der Waals surface area (Å²) >= 11 is 0. The Morgan fingerprint density at radius 1 is 1.29 bits per heavy atom. The van der Waals surface area contributed by atoms with Crippen LogP contribution in [0.4, 0.5) is 0 Å². The maximum atomic E-state index is 11.0. The highest BCUT2D eigenvalue weighted by Gasteiger charge is 2.05. The molecule has 14 heavy (non-hydrogen) atoms. The van der Waals surface area contributed by atoms with E-state index in [1.165, 1.54) is 6.92 Å². The molecule has 1 aromatic carbocycles. The second-order valence-corrected chi connectivity index (χ2v) is 2.76. The van der Waals surface area contributed by atoms with Crippen LogP contribution in [-0.4, -0.2) is 12.1 Å². The lowest BCUT2D eigenvalue weighted by molar-refractivity contribution is 0.100. The van der Waals surface area contributed by atoms with Gasteiger partial charge in [-0.1, -0.05) is 31.5 Å². The van der Waals surface area contributed by atoms with Gasteiger partial charge in [0.05, 0.1) is 0 Å². The highest BCUT2D eigenvalue weighted by molar-refractivity contribution is 6.01. The van der Waals surface area contributed by atoms with Crippen molar-refractivity contribution in [2.24, 2.45) is 0 Å². The van der Waals surface area contributed by atoms with Gasteiger partial charge >= 0.3 is 0 Å². The summed E-state index contributed by atoms with van der Waals surface area (Å²) < 4.78 is 0. The van der Waals surface area contributed by atoms with Gasteiger partial charge in [0.1, 0.15) is 0 Å². The van der Waals surface area contributed by atoms with Crippen molar-refractivity contribution in [3.63, 3.8) is 0 Å². The molecule has 0 unspecified atom stereocenters. The molecule has 0 atom stereocenters. The smallest absolute Gasteiger partial charge is 0.160 e. The highest BCUT2D eigenvalue weighted by Crippen LogP contribution is 2.10. The summed E-state index contributed by atoms with van der Waals surface area (Å²) in [6.07, 6.45) is 0.705. The SMILES string of the molecule is CC.CC(=O)c1cc(C)ccc1C=O. The van der Waals surface area contributed by atoms with Gasteiger partial charge in [-0.05, 0) is 19.9 Å². The van der Waals surface area contributed by atoms with Crippen molar-refractivity contribution in [1.82, 2.24) is 0 Å². The van der Waals surface area contributed by atoms with Gasteiger partial charge in [-0.2, -0.15) is 0 Å². The molecule has 0 saturated carbocycles. The van der Waals surface area contributed by atoms with E-state index in [0.717, 1.165) is 5.56 Å². The molecule has 76 valence electrons. The first-order valence-corrected chi connectivity index (χ1v) is 4.72. The lowest BCUT2D eigenvalue weighted by Crippen LogP contribution is -1.98. The van der Waals surface area contributed by atoms with E-state index in [0.29, 0.717) is 17.4 Å². The summed E-state index contributed by atoms with van der Waals surface area (Å²) in [7, 11) is 0.